The molecule has 1 heterocycles. The molecule has 1 unspecified atom stereocenters. The van der Waals surface area contributed by atoms with Gasteiger partial charge < -0.3 is 10.1 Å². The molecule has 26 heavy (non-hydrogen) atoms. The second-order valence-corrected chi connectivity index (χ2v) is 8.32. The molecule has 3 rings (SSSR count). The topological polar surface area (TPSA) is 72.5 Å². The molecule has 0 fully saturated rings. The number of nitrogens with one attached hydrogen (secondary N) is 1. The molecule has 0 saturated carbocycles. The van der Waals surface area contributed by atoms with E-state index in [1.807, 2.05) is 24.3 Å². The van der Waals surface area contributed by atoms with Gasteiger partial charge in [0, 0.05) is 12.5 Å². The first kappa shape index (κ1) is 18.4. The molecule has 7 heteroatoms. The van der Waals surface area contributed by atoms with Gasteiger partial charge in [0.05, 0.1) is 17.3 Å². The van der Waals surface area contributed by atoms with E-state index >= 15 is 0 Å². The van der Waals surface area contributed by atoms with Crippen molar-refractivity contribution in [3.63, 3.8) is 0 Å². The molecule has 2 aromatic carbocycles. The predicted octanol–water partition coefficient (Wildman–Crippen LogP) is 2.36. The molecule has 1 aliphatic heterocycles. The minimum absolute atomic E-state index is 0.0115. The second kappa shape index (κ2) is 7.86. The minimum atomic E-state index is -3.57. The fourth-order valence-corrected chi connectivity index (χ4v) is 4.09. The van der Waals surface area contributed by atoms with Crippen molar-refractivity contribution in [3.05, 3.63) is 59.9 Å². The van der Waals surface area contributed by atoms with Crippen LogP contribution in [0.3, 0.4) is 0 Å². The zero-order chi connectivity index (χ0) is 18.6. The number of benzene rings is 2. The van der Waals surface area contributed by atoms with E-state index in [1.165, 1.54) is 12.1 Å². The summed E-state index contributed by atoms with van der Waals surface area (Å²) in [5, 5.41) is 2.70. The van der Waals surface area contributed by atoms with Gasteiger partial charge in [0.15, 0.2) is 9.84 Å². The van der Waals surface area contributed by atoms with Gasteiger partial charge in [0.2, 0.25) is 5.91 Å². The fourth-order valence-electron chi connectivity index (χ4n) is 2.93. The lowest BCUT2D eigenvalue weighted by Gasteiger charge is -2.14. The molecule has 0 aromatic heterocycles. The van der Waals surface area contributed by atoms with Gasteiger partial charge in [0.25, 0.3) is 0 Å². The first-order chi connectivity index (χ1) is 12.5. The van der Waals surface area contributed by atoms with Gasteiger partial charge in [-0.3, -0.25) is 4.79 Å². The zero-order valence-electron chi connectivity index (χ0n) is 14.2. The fraction of sp³-hybridized carbons (Fsp3) is 0.316. The number of hydrogen-bond donors (Lipinski definition) is 1. The molecule has 1 aliphatic rings. The van der Waals surface area contributed by atoms with Crippen molar-refractivity contribution in [3.8, 4) is 5.75 Å². The summed E-state index contributed by atoms with van der Waals surface area (Å²) >= 11 is 0. The highest BCUT2D eigenvalue weighted by Gasteiger charge is 2.24. The summed E-state index contributed by atoms with van der Waals surface area (Å²) in [6, 6.07) is 12.3. The van der Waals surface area contributed by atoms with E-state index < -0.39 is 15.7 Å². The van der Waals surface area contributed by atoms with Crippen LogP contribution in [-0.4, -0.2) is 33.2 Å². The quantitative estimate of drug-likeness (QED) is 0.812. The number of carbonyl (C=O) groups is 1. The molecule has 5 nitrogen and oxygen atoms in total. The Kier molecular flexibility index (Phi) is 5.56. The van der Waals surface area contributed by atoms with Crippen LogP contribution in [0.25, 0.3) is 0 Å². The molecule has 0 spiro atoms. The van der Waals surface area contributed by atoms with Crippen molar-refractivity contribution in [1.29, 1.82) is 0 Å². The summed E-state index contributed by atoms with van der Waals surface area (Å²) in [4.78, 5) is 12.5. The maximum atomic E-state index is 12.9. The van der Waals surface area contributed by atoms with Gasteiger partial charge in [-0.25, -0.2) is 12.8 Å². The van der Waals surface area contributed by atoms with E-state index in [0.29, 0.717) is 19.4 Å². The Labute approximate surface area is 152 Å². The van der Waals surface area contributed by atoms with E-state index in [-0.39, 0.29) is 29.0 Å². The number of para-hydroxylation sites is 1. The van der Waals surface area contributed by atoms with Crippen molar-refractivity contribution >= 4 is 15.7 Å². The summed E-state index contributed by atoms with van der Waals surface area (Å²) in [5.74, 6) is -0.369. The second-order valence-electron chi connectivity index (χ2n) is 6.21. The number of amides is 1. The van der Waals surface area contributed by atoms with Crippen LogP contribution in [0.4, 0.5) is 4.39 Å². The standard InChI is InChI=1S/C19H20FNO4S/c20-16-5-7-17(8-6-16)26(23,24)12-10-21-19(22)15-9-11-25-18-4-2-1-3-14(18)13-15/h1-8,15H,9-13H2,(H,21,22). The largest absolute Gasteiger partial charge is 0.493 e. The average molecular weight is 377 g/mol. The normalized spacial score (nSPS) is 16.9. The Morgan fingerprint density at radius 2 is 1.88 bits per heavy atom. The van der Waals surface area contributed by atoms with Crippen LogP contribution in [0, 0.1) is 11.7 Å². The zero-order valence-corrected chi connectivity index (χ0v) is 15.0. The third kappa shape index (κ3) is 4.40. The van der Waals surface area contributed by atoms with Crippen LogP contribution >= 0.6 is 0 Å². The van der Waals surface area contributed by atoms with Crippen molar-refractivity contribution in [2.45, 2.75) is 17.7 Å². The Balaban J connectivity index is 1.56. The van der Waals surface area contributed by atoms with E-state index in [9.17, 15) is 17.6 Å². The first-order valence-corrected chi connectivity index (χ1v) is 10.1. The Morgan fingerprint density at radius 1 is 1.15 bits per heavy atom. The maximum Gasteiger partial charge on any atom is 0.223 e. The Bertz CT molecular complexity index is 881. The van der Waals surface area contributed by atoms with Gasteiger partial charge in [-0.15, -0.1) is 0 Å². The van der Waals surface area contributed by atoms with Gasteiger partial charge in [-0.2, -0.15) is 0 Å². The van der Waals surface area contributed by atoms with Crippen LogP contribution in [0.2, 0.25) is 0 Å². The number of carbonyl (C=O) groups excluding carboxylic acids is 1. The van der Waals surface area contributed by atoms with Crippen LogP contribution in [0.15, 0.2) is 53.4 Å². The number of ether oxygens (including phenoxy) is 1. The molecule has 1 N–H and O–H groups in total. The molecular weight excluding hydrogens is 357 g/mol. The van der Waals surface area contributed by atoms with Gasteiger partial charge >= 0.3 is 0 Å². The van der Waals surface area contributed by atoms with Crippen LogP contribution < -0.4 is 10.1 Å². The highest BCUT2D eigenvalue weighted by Crippen LogP contribution is 2.26. The smallest absolute Gasteiger partial charge is 0.223 e. The Hall–Kier alpha value is -2.41. The third-order valence-corrected chi connectivity index (χ3v) is 6.11. The van der Waals surface area contributed by atoms with Gasteiger partial charge in [-0.1, -0.05) is 18.2 Å². The van der Waals surface area contributed by atoms with Crippen molar-refractivity contribution in [1.82, 2.24) is 5.32 Å². The van der Waals surface area contributed by atoms with E-state index in [0.717, 1.165) is 23.4 Å². The summed E-state index contributed by atoms with van der Waals surface area (Å²) in [5.41, 5.74) is 0.976. The molecule has 0 aliphatic carbocycles. The SMILES string of the molecule is O=C(NCCS(=O)(=O)c1ccc(F)cc1)C1CCOc2ccccc2C1. The first-order valence-electron chi connectivity index (χ1n) is 8.42. The molecule has 1 atom stereocenters. The monoisotopic (exact) mass is 377 g/mol. The lowest BCUT2D eigenvalue weighted by atomic mass is 9.96. The molecular formula is C19H20FNO4S. The predicted molar refractivity (Wildman–Crippen MR) is 95.2 cm³/mol. The van der Waals surface area contributed by atoms with Crippen molar-refractivity contribution < 1.29 is 22.3 Å². The molecule has 1 amide bonds. The highest BCUT2D eigenvalue weighted by atomic mass is 32.2. The maximum absolute atomic E-state index is 12.9. The van der Waals surface area contributed by atoms with Crippen molar-refractivity contribution in [2.75, 3.05) is 18.9 Å². The van der Waals surface area contributed by atoms with Gasteiger partial charge in [0.1, 0.15) is 11.6 Å². The lowest BCUT2D eigenvalue weighted by molar-refractivity contribution is -0.125. The number of rotatable bonds is 5. The summed E-state index contributed by atoms with van der Waals surface area (Å²) in [6.07, 6.45) is 1.14. The number of sulfone groups is 1. The number of fused-ring (bicyclic) bond motifs is 1. The van der Waals surface area contributed by atoms with E-state index in [4.69, 9.17) is 4.74 Å². The summed E-state index contributed by atoms with van der Waals surface area (Å²) in [7, 11) is -3.57. The lowest BCUT2D eigenvalue weighted by Crippen LogP contribution is -2.35. The minimum Gasteiger partial charge on any atom is -0.493 e. The van der Waals surface area contributed by atoms with Crippen molar-refractivity contribution in [2.24, 2.45) is 5.92 Å². The number of hydrogen-bond acceptors (Lipinski definition) is 4. The van der Waals surface area contributed by atoms with Crippen LogP contribution in [-0.2, 0) is 21.1 Å². The highest BCUT2D eigenvalue weighted by molar-refractivity contribution is 7.91. The molecule has 0 radical (unpaired) electrons. The Morgan fingerprint density at radius 3 is 2.65 bits per heavy atom. The average Bonchev–Trinajstić information content (AvgIpc) is 2.84. The molecule has 0 saturated heterocycles. The molecule has 0 bridgehead atoms. The summed E-state index contributed by atoms with van der Waals surface area (Å²) < 4.78 is 43.0. The summed E-state index contributed by atoms with van der Waals surface area (Å²) in [6.45, 7) is 0.459. The van der Waals surface area contributed by atoms with Crippen LogP contribution in [0.5, 0.6) is 5.75 Å². The molecule has 2 aromatic rings. The number of halogens is 1. The van der Waals surface area contributed by atoms with Crippen LogP contribution in [0.1, 0.15) is 12.0 Å². The molecule has 138 valence electrons. The van der Waals surface area contributed by atoms with Gasteiger partial charge in [-0.05, 0) is 48.7 Å². The van der Waals surface area contributed by atoms with E-state index in [1.54, 1.807) is 0 Å². The van der Waals surface area contributed by atoms with E-state index in [2.05, 4.69) is 5.32 Å². The third-order valence-electron chi connectivity index (χ3n) is 4.38.